The van der Waals surface area contributed by atoms with Gasteiger partial charge in [0.25, 0.3) is 0 Å². The first-order chi connectivity index (χ1) is 17.2. The molecule has 182 valence electrons. The predicted octanol–water partition coefficient (Wildman–Crippen LogP) is 5.45. The Bertz CT molecular complexity index is 1280. The maximum Gasteiger partial charge on any atom is 0.237 e. The second-order valence-electron chi connectivity index (χ2n) is 8.62. The van der Waals surface area contributed by atoms with Crippen LogP contribution in [0.5, 0.6) is 11.5 Å². The van der Waals surface area contributed by atoms with Gasteiger partial charge in [-0.2, -0.15) is 4.98 Å². The van der Waals surface area contributed by atoms with Crippen molar-refractivity contribution in [2.24, 2.45) is 5.92 Å². The van der Waals surface area contributed by atoms with Gasteiger partial charge in [-0.3, -0.25) is 9.55 Å². The van der Waals surface area contributed by atoms with Gasteiger partial charge in [0.2, 0.25) is 11.7 Å². The SMILES string of the molecule is COc1ccc(-c2noc(CSc3nnc(-c4cccnc4)n3[C@@H]3CCCC[C@H]3C)n2)cc1OC. The summed E-state index contributed by atoms with van der Waals surface area (Å²) < 4.78 is 18.5. The van der Waals surface area contributed by atoms with E-state index >= 15 is 0 Å². The minimum atomic E-state index is 0.349. The third kappa shape index (κ3) is 4.88. The van der Waals surface area contributed by atoms with Crippen LogP contribution in [0.3, 0.4) is 0 Å². The summed E-state index contributed by atoms with van der Waals surface area (Å²) in [5, 5.41) is 14.1. The van der Waals surface area contributed by atoms with Crippen molar-refractivity contribution in [3.8, 4) is 34.3 Å². The van der Waals surface area contributed by atoms with Crippen LogP contribution in [-0.2, 0) is 5.75 Å². The van der Waals surface area contributed by atoms with Gasteiger partial charge in [-0.25, -0.2) is 0 Å². The molecule has 1 saturated carbocycles. The van der Waals surface area contributed by atoms with E-state index in [1.165, 1.54) is 19.3 Å². The molecule has 0 unspecified atom stereocenters. The van der Waals surface area contributed by atoms with E-state index in [2.05, 4.69) is 36.8 Å². The van der Waals surface area contributed by atoms with E-state index in [0.29, 0.717) is 40.9 Å². The van der Waals surface area contributed by atoms with Gasteiger partial charge in [-0.05, 0) is 49.1 Å². The monoisotopic (exact) mass is 492 g/mol. The van der Waals surface area contributed by atoms with Gasteiger partial charge in [0.15, 0.2) is 22.5 Å². The van der Waals surface area contributed by atoms with Gasteiger partial charge in [0, 0.05) is 29.6 Å². The molecule has 0 N–H and O–H groups in total. The van der Waals surface area contributed by atoms with Crippen LogP contribution in [0.15, 0.2) is 52.4 Å². The number of thioether (sulfide) groups is 1. The maximum absolute atomic E-state index is 5.55. The van der Waals surface area contributed by atoms with E-state index in [1.807, 2.05) is 36.5 Å². The van der Waals surface area contributed by atoms with Crippen molar-refractivity contribution < 1.29 is 14.0 Å². The average molecular weight is 493 g/mol. The Morgan fingerprint density at radius 2 is 1.91 bits per heavy atom. The normalized spacial score (nSPS) is 17.9. The van der Waals surface area contributed by atoms with E-state index in [-0.39, 0.29) is 0 Å². The summed E-state index contributed by atoms with van der Waals surface area (Å²) in [4.78, 5) is 8.87. The van der Waals surface area contributed by atoms with Crippen LogP contribution in [0.25, 0.3) is 22.8 Å². The maximum atomic E-state index is 5.55. The smallest absolute Gasteiger partial charge is 0.237 e. The average Bonchev–Trinajstić information content (AvgIpc) is 3.55. The molecule has 4 aromatic rings. The number of benzene rings is 1. The van der Waals surface area contributed by atoms with Crippen molar-refractivity contribution in [1.82, 2.24) is 29.9 Å². The molecule has 1 fully saturated rings. The van der Waals surface area contributed by atoms with Crippen molar-refractivity contribution in [2.45, 2.75) is 49.6 Å². The number of nitrogens with zero attached hydrogens (tertiary/aromatic N) is 6. The van der Waals surface area contributed by atoms with Crippen LogP contribution in [0.2, 0.25) is 0 Å². The standard InChI is InChI=1S/C25H28N6O3S/c1-16-7-4-5-9-19(16)31-24(18-8-6-12-26-14-18)28-29-25(31)35-15-22-27-23(30-34-22)17-10-11-20(32-2)21(13-17)33-3/h6,8,10-14,16,19H,4-5,7,9,15H2,1-3H3/t16-,19-/m1/s1. The molecule has 0 spiro atoms. The van der Waals surface area contributed by atoms with Crippen LogP contribution in [0.1, 0.15) is 44.5 Å². The molecule has 3 heterocycles. The fraction of sp³-hybridized carbons (Fsp3) is 0.400. The molecule has 0 aliphatic heterocycles. The van der Waals surface area contributed by atoms with Gasteiger partial charge >= 0.3 is 0 Å². The van der Waals surface area contributed by atoms with E-state index in [1.54, 1.807) is 32.2 Å². The Balaban J connectivity index is 1.39. The summed E-state index contributed by atoms with van der Waals surface area (Å²) in [6.07, 6.45) is 8.42. The van der Waals surface area contributed by atoms with Crippen molar-refractivity contribution in [2.75, 3.05) is 14.2 Å². The van der Waals surface area contributed by atoms with Crippen LogP contribution < -0.4 is 9.47 Å². The number of pyridine rings is 1. The highest BCUT2D eigenvalue weighted by atomic mass is 32.2. The van der Waals surface area contributed by atoms with Crippen LogP contribution in [0, 0.1) is 5.92 Å². The molecule has 0 radical (unpaired) electrons. The van der Waals surface area contributed by atoms with E-state index in [9.17, 15) is 0 Å². The molecular weight excluding hydrogens is 464 g/mol. The zero-order chi connectivity index (χ0) is 24.2. The number of hydrogen-bond donors (Lipinski definition) is 0. The van der Waals surface area contributed by atoms with Crippen LogP contribution in [0.4, 0.5) is 0 Å². The van der Waals surface area contributed by atoms with E-state index < -0.39 is 0 Å². The van der Waals surface area contributed by atoms with Gasteiger partial charge in [0.1, 0.15) is 0 Å². The quantitative estimate of drug-likeness (QED) is 0.297. The van der Waals surface area contributed by atoms with Crippen molar-refractivity contribution >= 4 is 11.8 Å². The van der Waals surface area contributed by atoms with Gasteiger partial charge in [0.05, 0.1) is 20.0 Å². The van der Waals surface area contributed by atoms with Gasteiger partial charge in [-0.15, -0.1) is 10.2 Å². The summed E-state index contributed by atoms with van der Waals surface area (Å²) in [6, 6.07) is 9.85. The summed E-state index contributed by atoms with van der Waals surface area (Å²) >= 11 is 1.56. The fourth-order valence-corrected chi connectivity index (χ4v) is 5.41. The molecular formula is C25H28N6O3S. The number of ether oxygens (including phenoxy) is 2. The first kappa shape index (κ1) is 23.3. The first-order valence-electron chi connectivity index (χ1n) is 11.7. The number of aromatic nitrogens is 6. The Morgan fingerprint density at radius 3 is 2.69 bits per heavy atom. The second-order valence-corrected chi connectivity index (χ2v) is 9.56. The largest absolute Gasteiger partial charge is 0.493 e. The zero-order valence-corrected chi connectivity index (χ0v) is 20.9. The Labute approximate surface area is 208 Å². The number of methoxy groups -OCH3 is 2. The highest BCUT2D eigenvalue weighted by Crippen LogP contribution is 2.39. The lowest BCUT2D eigenvalue weighted by Crippen LogP contribution is -2.22. The van der Waals surface area contributed by atoms with Gasteiger partial charge < -0.3 is 14.0 Å². The highest BCUT2D eigenvalue weighted by Gasteiger charge is 2.29. The Kier molecular flexibility index (Phi) is 6.98. The van der Waals surface area contributed by atoms with Gasteiger partial charge in [-0.1, -0.05) is 36.7 Å². The molecule has 10 heteroatoms. The van der Waals surface area contributed by atoms with Crippen molar-refractivity contribution in [1.29, 1.82) is 0 Å². The predicted molar refractivity (Wildman–Crippen MR) is 132 cm³/mol. The molecule has 35 heavy (non-hydrogen) atoms. The highest BCUT2D eigenvalue weighted by molar-refractivity contribution is 7.98. The lowest BCUT2D eigenvalue weighted by atomic mass is 9.85. The van der Waals surface area contributed by atoms with Crippen molar-refractivity contribution in [3.05, 3.63) is 48.6 Å². The molecule has 0 bridgehead atoms. The lowest BCUT2D eigenvalue weighted by molar-refractivity contribution is 0.247. The Hall–Kier alpha value is -3.40. The summed E-state index contributed by atoms with van der Waals surface area (Å²) in [6.45, 7) is 2.32. The minimum absolute atomic E-state index is 0.349. The van der Waals surface area contributed by atoms with E-state index in [0.717, 1.165) is 28.5 Å². The second kappa shape index (κ2) is 10.5. The molecule has 0 amide bonds. The van der Waals surface area contributed by atoms with Crippen molar-refractivity contribution in [3.63, 3.8) is 0 Å². The lowest BCUT2D eigenvalue weighted by Gasteiger charge is -2.31. The molecule has 5 rings (SSSR count). The third-order valence-electron chi connectivity index (χ3n) is 6.42. The molecule has 1 aliphatic carbocycles. The molecule has 2 atom stereocenters. The fourth-order valence-electron chi connectivity index (χ4n) is 4.58. The first-order valence-corrected chi connectivity index (χ1v) is 12.7. The summed E-state index contributed by atoms with van der Waals surface area (Å²) in [7, 11) is 3.21. The topological polar surface area (TPSA) is 101 Å². The third-order valence-corrected chi connectivity index (χ3v) is 7.34. The molecule has 3 aromatic heterocycles. The summed E-state index contributed by atoms with van der Waals surface area (Å²) in [5.41, 5.74) is 1.76. The van der Waals surface area contributed by atoms with Crippen LogP contribution >= 0.6 is 11.8 Å². The van der Waals surface area contributed by atoms with E-state index in [4.69, 9.17) is 14.0 Å². The molecule has 1 aliphatic rings. The molecule has 9 nitrogen and oxygen atoms in total. The number of hydrogen-bond acceptors (Lipinski definition) is 9. The van der Waals surface area contributed by atoms with Crippen LogP contribution in [-0.4, -0.2) is 44.1 Å². The zero-order valence-electron chi connectivity index (χ0n) is 20.0. The molecule has 1 aromatic carbocycles. The Morgan fingerprint density at radius 1 is 1.06 bits per heavy atom. The summed E-state index contributed by atoms with van der Waals surface area (Å²) in [5.74, 6) is 4.19. The minimum Gasteiger partial charge on any atom is -0.493 e. The number of rotatable bonds is 8. The molecule has 0 saturated heterocycles.